The molecule has 0 aliphatic heterocycles. The standard InChI is InChI=1S/C20H20N4O2S2/c1-4-26-19(25)17-15(14(10-21)18(22)28-17)11-27-20-23-8-9-24(20)16-7-5-6-12(2)13(16)3/h5-9H,4,11,22H2,1-3H3. The Bertz CT molecular complexity index is 1060. The Balaban J connectivity index is 1.93. The number of thioether (sulfide) groups is 1. The minimum absolute atomic E-state index is 0.266. The predicted molar refractivity (Wildman–Crippen MR) is 112 cm³/mol. The van der Waals surface area contributed by atoms with Crippen molar-refractivity contribution >= 4 is 34.1 Å². The Kier molecular flexibility index (Phi) is 6.07. The Morgan fingerprint density at radius 2 is 2.21 bits per heavy atom. The fourth-order valence-electron chi connectivity index (χ4n) is 2.82. The van der Waals surface area contributed by atoms with Crippen molar-refractivity contribution in [3.05, 3.63) is 57.7 Å². The van der Waals surface area contributed by atoms with Gasteiger partial charge in [-0.1, -0.05) is 23.9 Å². The molecule has 0 fully saturated rings. The largest absolute Gasteiger partial charge is 0.462 e. The zero-order chi connectivity index (χ0) is 20.3. The number of esters is 1. The van der Waals surface area contributed by atoms with Crippen molar-refractivity contribution in [2.75, 3.05) is 12.3 Å². The number of rotatable bonds is 6. The highest BCUT2D eigenvalue weighted by atomic mass is 32.2. The van der Waals surface area contributed by atoms with Gasteiger partial charge in [0.15, 0.2) is 5.16 Å². The van der Waals surface area contributed by atoms with E-state index < -0.39 is 5.97 Å². The van der Waals surface area contributed by atoms with Gasteiger partial charge in [-0.2, -0.15) is 5.26 Å². The maximum absolute atomic E-state index is 12.3. The topological polar surface area (TPSA) is 93.9 Å². The molecule has 0 spiro atoms. The number of nitrogens with two attached hydrogens (primary N) is 1. The molecule has 0 saturated heterocycles. The van der Waals surface area contributed by atoms with E-state index in [-0.39, 0.29) is 6.61 Å². The number of benzene rings is 1. The monoisotopic (exact) mass is 412 g/mol. The van der Waals surface area contributed by atoms with Gasteiger partial charge in [0, 0.05) is 23.7 Å². The van der Waals surface area contributed by atoms with Gasteiger partial charge in [0.25, 0.3) is 0 Å². The van der Waals surface area contributed by atoms with Gasteiger partial charge in [-0.05, 0) is 38.0 Å². The number of anilines is 1. The van der Waals surface area contributed by atoms with E-state index in [0.717, 1.165) is 22.2 Å². The summed E-state index contributed by atoms with van der Waals surface area (Å²) in [5.41, 5.74) is 10.3. The summed E-state index contributed by atoms with van der Waals surface area (Å²) in [4.78, 5) is 17.1. The number of aryl methyl sites for hydroxylation is 1. The molecule has 3 rings (SSSR count). The molecular weight excluding hydrogens is 392 g/mol. The average Bonchev–Trinajstić information content (AvgIpc) is 3.26. The van der Waals surface area contributed by atoms with E-state index in [1.807, 2.05) is 22.9 Å². The molecule has 0 atom stereocenters. The Morgan fingerprint density at radius 1 is 1.43 bits per heavy atom. The van der Waals surface area contributed by atoms with E-state index in [0.29, 0.717) is 26.8 Å². The molecule has 2 N–H and O–H groups in total. The molecule has 0 unspecified atom stereocenters. The van der Waals surface area contributed by atoms with E-state index in [4.69, 9.17) is 10.5 Å². The fourth-order valence-corrected chi connectivity index (χ4v) is 4.84. The summed E-state index contributed by atoms with van der Waals surface area (Å²) in [6.45, 7) is 6.16. The molecule has 0 radical (unpaired) electrons. The Morgan fingerprint density at radius 3 is 2.93 bits per heavy atom. The second-order valence-corrected chi connectivity index (χ2v) is 8.06. The molecule has 0 saturated carbocycles. The SMILES string of the molecule is CCOC(=O)c1sc(N)c(C#N)c1CSc1nccn1-c1cccc(C)c1C. The minimum atomic E-state index is -0.450. The van der Waals surface area contributed by atoms with Crippen molar-refractivity contribution in [2.45, 2.75) is 31.7 Å². The van der Waals surface area contributed by atoms with Crippen LogP contribution in [0.25, 0.3) is 5.69 Å². The highest BCUT2D eigenvalue weighted by Gasteiger charge is 2.23. The van der Waals surface area contributed by atoms with E-state index in [2.05, 4.69) is 31.0 Å². The second-order valence-electron chi connectivity index (χ2n) is 6.07. The zero-order valence-corrected chi connectivity index (χ0v) is 17.5. The lowest BCUT2D eigenvalue weighted by atomic mass is 10.1. The summed E-state index contributed by atoms with van der Waals surface area (Å²) in [6.07, 6.45) is 3.65. The Labute approximate surface area is 172 Å². The summed E-state index contributed by atoms with van der Waals surface area (Å²) in [5, 5.41) is 10.6. The molecule has 8 heteroatoms. The van der Waals surface area contributed by atoms with Crippen molar-refractivity contribution < 1.29 is 9.53 Å². The van der Waals surface area contributed by atoms with Crippen molar-refractivity contribution in [2.24, 2.45) is 0 Å². The number of carbonyl (C=O) groups is 1. The van der Waals surface area contributed by atoms with Gasteiger partial charge in [-0.25, -0.2) is 9.78 Å². The highest BCUT2D eigenvalue weighted by Crippen LogP contribution is 2.36. The number of nitrogen functional groups attached to an aromatic ring is 1. The van der Waals surface area contributed by atoms with Crippen LogP contribution in [-0.2, 0) is 10.5 Å². The minimum Gasteiger partial charge on any atom is -0.462 e. The smallest absolute Gasteiger partial charge is 0.348 e. The van der Waals surface area contributed by atoms with Crippen LogP contribution in [0, 0.1) is 25.2 Å². The first kappa shape index (κ1) is 20.0. The van der Waals surface area contributed by atoms with Crippen molar-refractivity contribution in [3.8, 4) is 11.8 Å². The Hall–Kier alpha value is -2.76. The van der Waals surface area contributed by atoms with E-state index in [1.54, 1.807) is 13.1 Å². The number of ether oxygens (including phenoxy) is 1. The first-order valence-electron chi connectivity index (χ1n) is 8.69. The molecule has 0 amide bonds. The first-order valence-corrected chi connectivity index (χ1v) is 10.5. The first-order chi connectivity index (χ1) is 13.5. The lowest BCUT2D eigenvalue weighted by Crippen LogP contribution is -2.05. The molecule has 0 bridgehead atoms. The van der Waals surface area contributed by atoms with Crippen LogP contribution in [0.1, 0.15) is 38.8 Å². The second kappa shape index (κ2) is 8.50. The van der Waals surface area contributed by atoms with Crippen LogP contribution in [0.4, 0.5) is 5.00 Å². The molecule has 28 heavy (non-hydrogen) atoms. The summed E-state index contributed by atoms with van der Waals surface area (Å²) in [6, 6.07) is 8.24. The zero-order valence-electron chi connectivity index (χ0n) is 15.9. The highest BCUT2D eigenvalue weighted by molar-refractivity contribution is 7.98. The fraction of sp³-hybridized carbons (Fsp3) is 0.250. The van der Waals surface area contributed by atoms with E-state index in [9.17, 15) is 10.1 Å². The van der Waals surface area contributed by atoms with Gasteiger partial charge in [-0.3, -0.25) is 4.57 Å². The van der Waals surface area contributed by atoms with Crippen molar-refractivity contribution in [1.29, 1.82) is 5.26 Å². The van der Waals surface area contributed by atoms with Crippen LogP contribution >= 0.6 is 23.1 Å². The lowest BCUT2D eigenvalue weighted by molar-refractivity contribution is 0.0531. The molecule has 144 valence electrons. The molecule has 3 aromatic rings. The molecule has 2 aromatic heterocycles. The number of aromatic nitrogens is 2. The number of carbonyl (C=O) groups excluding carboxylic acids is 1. The van der Waals surface area contributed by atoms with E-state index in [1.165, 1.54) is 22.9 Å². The molecule has 2 heterocycles. The van der Waals surface area contributed by atoms with Crippen molar-refractivity contribution in [1.82, 2.24) is 9.55 Å². The number of hydrogen-bond acceptors (Lipinski definition) is 7. The summed E-state index contributed by atoms with van der Waals surface area (Å²) in [5.74, 6) is -0.0544. The third-order valence-electron chi connectivity index (χ3n) is 4.39. The molecule has 6 nitrogen and oxygen atoms in total. The number of nitriles is 1. The molecule has 0 aliphatic carbocycles. The van der Waals surface area contributed by atoms with Gasteiger partial charge in [0.1, 0.15) is 15.9 Å². The van der Waals surface area contributed by atoms with Gasteiger partial charge in [0.2, 0.25) is 0 Å². The maximum atomic E-state index is 12.3. The van der Waals surface area contributed by atoms with Crippen LogP contribution in [0.3, 0.4) is 0 Å². The normalized spacial score (nSPS) is 10.6. The van der Waals surface area contributed by atoms with Gasteiger partial charge in [-0.15, -0.1) is 11.3 Å². The third kappa shape index (κ3) is 3.77. The quantitative estimate of drug-likeness (QED) is 0.474. The summed E-state index contributed by atoms with van der Waals surface area (Å²) in [7, 11) is 0. The van der Waals surface area contributed by atoms with Crippen LogP contribution in [-0.4, -0.2) is 22.1 Å². The average molecular weight is 413 g/mol. The van der Waals surface area contributed by atoms with Gasteiger partial charge >= 0.3 is 5.97 Å². The van der Waals surface area contributed by atoms with Gasteiger partial charge < -0.3 is 10.5 Å². The van der Waals surface area contributed by atoms with E-state index >= 15 is 0 Å². The molecular formula is C20H20N4O2S2. The van der Waals surface area contributed by atoms with Gasteiger partial charge in [0.05, 0.1) is 17.9 Å². The van der Waals surface area contributed by atoms with Crippen LogP contribution in [0.15, 0.2) is 35.7 Å². The van der Waals surface area contributed by atoms with Crippen LogP contribution in [0.5, 0.6) is 0 Å². The molecule has 0 aliphatic rings. The summed E-state index contributed by atoms with van der Waals surface area (Å²) < 4.78 is 7.13. The lowest BCUT2D eigenvalue weighted by Gasteiger charge is -2.12. The predicted octanol–water partition coefficient (Wildman–Crippen LogP) is 4.47. The van der Waals surface area contributed by atoms with Crippen LogP contribution < -0.4 is 5.73 Å². The summed E-state index contributed by atoms with van der Waals surface area (Å²) >= 11 is 2.55. The molecule has 1 aromatic carbocycles. The van der Waals surface area contributed by atoms with Crippen molar-refractivity contribution in [3.63, 3.8) is 0 Å². The maximum Gasteiger partial charge on any atom is 0.348 e. The number of thiophene rings is 1. The number of nitrogens with zero attached hydrogens (tertiary/aromatic N) is 3. The number of hydrogen-bond donors (Lipinski definition) is 1. The van der Waals surface area contributed by atoms with Crippen LogP contribution in [0.2, 0.25) is 0 Å². The third-order valence-corrected chi connectivity index (χ3v) is 6.43. The number of imidazole rings is 1.